The predicted molar refractivity (Wildman–Crippen MR) is 58.2 cm³/mol. The van der Waals surface area contributed by atoms with Crippen LogP contribution in [0.25, 0.3) is 0 Å². The second-order valence-electron chi connectivity index (χ2n) is 4.03. The molecule has 2 aliphatic heterocycles. The van der Waals surface area contributed by atoms with Crippen LogP contribution in [-0.4, -0.2) is 29.0 Å². The monoisotopic (exact) mass is 230 g/mol. The van der Waals surface area contributed by atoms with Crippen molar-refractivity contribution in [1.82, 2.24) is 10.6 Å². The van der Waals surface area contributed by atoms with Crippen molar-refractivity contribution in [1.29, 1.82) is 0 Å². The minimum Gasteiger partial charge on any atom is -0.480 e. The lowest BCUT2D eigenvalue weighted by Crippen LogP contribution is -2.53. The van der Waals surface area contributed by atoms with Crippen LogP contribution in [0.2, 0.25) is 0 Å². The number of aliphatic carboxylic acids is 1. The van der Waals surface area contributed by atoms with E-state index in [-0.39, 0.29) is 12.4 Å². The van der Waals surface area contributed by atoms with E-state index < -0.39 is 17.6 Å². The van der Waals surface area contributed by atoms with Gasteiger partial charge < -0.3 is 5.11 Å². The normalized spacial score (nSPS) is 26.7. The summed E-state index contributed by atoms with van der Waals surface area (Å²) in [6, 6.07) is -0.561. The lowest BCUT2D eigenvalue weighted by atomic mass is 9.90. The molecule has 0 spiro atoms. The Balaban J connectivity index is 0.00000112. The van der Waals surface area contributed by atoms with E-state index in [0.717, 1.165) is 11.4 Å². The third kappa shape index (κ3) is 1.98. The summed E-state index contributed by atoms with van der Waals surface area (Å²) in [5, 5.41) is 16.0. The summed E-state index contributed by atoms with van der Waals surface area (Å²) in [6.45, 7) is 3.82. The SMILES string of the molecule is CC1(C)N[C@H](C(=O)O)CC2=C1N=C[N]2.Cl. The molecule has 2 heterocycles. The van der Waals surface area contributed by atoms with Gasteiger partial charge in [-0.25, -0.2) is 10.3 Å². The van der Waals surface area contributed by atoms with Gasteiger partial charge in [0.25, 0.3) is 0 Å². The maximum absolute atomic E-state index is 10.9. The van der Waals surface area contributed by atoms with Gasteiger partial charge in [-0.15, -0.1) is 12.4 Å². The predicted octanol–water partition coefficient (Wildman–Crippen LogP) is 0.491. The maximum Gasteiger partial charge on any atom is 0.321 e. The van der Waals surface area contributed by atoms with Crippen LogP contribution in [0.1, 0.15) is 20.3 Å². The first kappa shape index (κ1) is 12.0. The molecule has 6 heteroatoms. The number of halogens is 1. The van der Waals surface area contributed by atoms with Gasteiger partial charge in [0.1, 0.15) is 12.4 Å². The minimum atomic E-state index is -0.841. The van der Waals surface area contributed by atoms with Crippen LogP contribution >= 0.6 is 12.4 Å². The van der Waals surface area contributed by atoms with Crippen molar-refractivity contribution in [2.24, 2.45) is 4.99 Å². The van der Waals surface area contributed by atoms with E-state index >= 15 is 0 Å². The molecule has 0 unspecified atom stereocenters. The highest BCUT2D eigenvalue weighted by Gasteiger charge is 2.39. The summed E-state index contributed by atoms with van der Waals surface area (Å²) < 4.78 is 0. The highest BCUT2D eigenvalue weighted by Crippen LogP contribution is 2.30. The number of carbonyl (C=O) groups is 1. The number of aliphatic imine (C=N–C) groups is 1. The Kier molecular flexibility index (Phi) is 3.06. The molecule has 1 radical (unpaired) electrons. The topological polar surface area (TPSA) is 75.8 Å². The Morgan fingerprint density at radius 3 is 2.93 bits per heavy atom. The average molecular weight is 231 g/mol. The summed E-state index contributed by atoms with van der Waals surface area (Å²) in [4.78, 5) is 15.0. The van der Waals surface area contributed by atoms with Gasteiger partial charge in [0.05, 0.1) is 16.9 Å². The smallest absolute Gasteiger partial charge is 0.321 e. The fourth-order valence-corrected chi connectivity index (χ4v) is 1.86. The molecule has 0 bridgehead atoms. The number of carboxylic acids is 1. The summed E-state index contributed by atoms with van der Waals surface area (Å²) in [6.07, 6.45) is 1.90. The van der Waals surface area contributed by atoms with Crippen molar-refractivity contribution in [3.05, 3.63) is 11.4 Å². The molecule has 2 aliphatic rings. The Hall–Kier alpha value is -1.07. The zero-order valence-corrected chi connectivity index (χ0v) is 9.34. The second-order valence-corrected chi connectivity index (χ2v) is 4.03. The molecular weight excluding hydrogens is 218 g/mol. The van der Waals surface area contributed by atoms with Crippen molar-refractivity contribution in [2.45, 2.75) is 31.8 Å². The lowest BCUT2D eigenvalue weighted by Gasteiger charge is -2.34. The zero-order valence-electron chi connectivity index (χ0n) is 8.52. The first-order valence-corrected chi connectivity index (χ1v) is 4.48. The van der Waals surface area contributed by atoms with Crippen LogP contribution in [-0.2, 0) is 4.79 Å². The van der Waals surface area contributed by atoms with Crippen molar-refractivity contribution >= 4 is 24.7 Å². The molecule has 83 valence electrons. The second kappa shape index (κ2) is 3.83. The molecule has 0 aromatic rings. The third-order valence-electron chi connectivity index (χ3n) is 2.50. The largest absolute Gasteiger partial charge is 0.480 e. The molecule has 15 heavy (non-hydrogen) atoms. The van der Waals surface area contributed by atoms with E-state index in [1.165, 1.54) is 6.34 Å². The standard InChI is InChI=1S/C9H12N3O2.ClH/c1-9(2)7-5(10-4-11-7)3-6(12-9)8(13)14;/h4,6,12H,3H2,1-2H3,(H,13,14);1H/t6-;/m0./s1. The van der Waals surface area contributed by atoms with Crippen molar-refractivity contribution in [2.75, 3.05) is 0 Å². The highest BCUT2D eigenvalue weighted by molar-refractivity contribution is 5.85. The van der Waals surface area contributed by atoms with Crippen LogP contribution in [0.3, 0.4) is 0 Å². The van der Waals surface area contributed by atoms with Gasteiger partial charge in [-0.05, 0) is 13.8 Å². The molecule has 0 saturated carbocycles. The van der Waals surface area contributed by atoms with Gasteiger partial charge in [-0.1, -0.05) is 0 Å². The van der Waals surface area contributed by atoms with Crippen molar-refractivity contribution in [3.63, 3.8) is 0 Å². The van der Waals surface area contributed by atoms with E-state index in [1.807, 2.05) is 13.8 Å². The molecular formula is C9H13ClN3O2. The summed E-state index contributed by atoms with van der Waals surface area (Å²) >= 11 is 0. The molecule has 1 atom stereocenters. The molecule has 2 rings (SSSR count). The van der Waals surface area contributed by atoms with Crippen LogP contribution in [0.5, 0.6) is 0 Å². The maximum atomic E-state index is 10.9. The van der Waals surface area contributed by atoms with Gasteiger partial charge in [0.2, 0.25) is 0 Å². The number of hydrogen-bond donors (Lipinski definition) is 2. The van der Waals surface area contributed by atoms with E-state index in [4.69, 9.17) is 5.11 Å². The van der Waals surface area contributed by atoms with Gasteiger partial charge in [-0.2, -0.15) is 0 Å². The molecule has 0 aromatic heterocycles. The molecule has 0 aromatic carbocycles. The summed E-state index contributed by atoms with van der Waals surface area (Å²) in [5.41, 5.74) is 1.24. The van der Waals surface area contributed by atoms with Crippen LogP contribution in [0, 0.1) is 0 Å². The fourth-order valence-electron chi connectivity index (χ4n) is 1.86. The van der Waals surface area contributed by atoms with E-state index in [2.05, 4.69) is 15.6 Å². The Bertz CT molecular complexity index is 349. The highest BCUT2D eigenvalue weighted by atomic mass is 35.5. The number of nitrogens with one attached hydrogen (secondary N) is 1. The van der Waals surface area contributed by atoms with Gasteiger partial charge in [0.15, 0.2) is 0 Å². The quantitative estimate of drug-likeness (QED) is 0.689. The number of hydrogen-bond acceptors (Lipinski definition) is 3. The zero-order chi connectivity index (χ0) is 10.3. The fraction of sp³-hybridized carbons (Fsp3) is 0.556. The van der Waals surface area contributed by atoms with Gasteiger partial charge in [0, 0.05) is 6.42 Å². The first-order chi connectivity index (χ1) is 6.50. The van der Waals surface area contributed by atoms with Gasteiger partial charge >= 0.3 is 5.97 Å². The number of rotatable bonds is 1. The Labute approximate surface area is 94.1 Å². The molecule has 0 saturated heterocycles. The average Bonchev–Trinajstić information content (AvgIpc) is 2.51. The molecule has 0 fully saturated rings. The molecule has 0 amide bonds. The minimum absolute atomic E-state index is 0. The van der Waals surface area contributed by atoms with Crippen LogP contribution in [0.15, 0.2) is 16.4 Å². The summed E-state index contributed by atoms with van der Waals surface area (Å²) in [7, 11) is 0. The van der Waals surface area contributed by atoms with E-state index in [0.29, 0.717) is 6.42 Å². The molecule has 0 aliphatic carbocycles. The Morgan fingerprint density at radius 1 is 1.67 bits per heavy atom. The van der Waals surface area contributed by atoms with E-state index in [1.54, 1.807) is 0 Å². The first-order valence-electron chi connectivity index (χ1n) is 4.48. The molecule has 2 N–H and O–H groups in total. The van der Waals surface area contributed by atoms with Crippen LogP contribution in [0.4, 0.5) is 0 Å². The van der Waals surface area contributed by atoms with Gasteiger partial charge in [-0.3, -0.25) is 10.1 Å². The van der Waals surface area contributed by atoms with E-state index in [9.17, 15) is 4.79 Å². The molecule has 5 nitrogen and oxygen atoms in total. The third-order valence-corrected chi connectivity index (χ3v) is 2.50. The lowest BCUT2D eigenvalue weighted by molar-refractivity contribution is -0.140. The number of carboxylic acid groups (broad SMARTS) is 1. The summed E-state index contributed by atoms with van der Waals surface area (Å²) in [5.74, 6) is -0.841. The van der Waals surface area contributed by atoms with Crippen molar-refractivity contribution in [3.8, 4) is 0 Å². The number of nitrogens with zero attached hydrogens (tertiary/aromatic N) is 2. The van der Waals surface area contributed by atoms with Crippen molar-refractivity contribution < 1.29 is 9.90 Å². The Morgan fingerprint density at radius 2 is 2.33 bits per heavy atom. The van der Waals surface area contributed by atoms with Crippen LogP contribution < -0.4 is 10.6 Å².